The third-order valence-corrected chi connectivity index (χ3v) is 5.30. The van der Waals surface area contributed by atoms with Crippen LogP contribution in [-0.4, -0.2) is 37.1 Å². The van der Waals surface area contributed by atoms with Gasteiger partial charge in [0.1, 0.15) is 0 Å². The van der Waals surface area contributed by atoms with Gasteiger partial charge in [-0.1, -0.05) is 37.3 Å². The normalized spacial score (nSPS) is 36.9. The van der Waals surface area contributed by atoms with Crippen molar-refractivity contribution in [1.29, 1.82) is 0 Å². The predicted molar refractivity (Wildman–Crippen MR) is 78.4 cm³/mol. The number of ether oxygens (including phenoxy) is 1. The summed E-state index contributed by atoms with van der Waals surface area (Å²) in [5.74, 6) is 0.756. The Balaban J connectivity index is 1.99. The van der Waals surface area contributed by atoms with Gasteiger partial charge in [-0.15, -0.1) is 0 Å². The highest BCUT2D eigenvalue weighted by atomic mass is 16.5. The lowest BCUT2D eigenvalue weighted by atomic mass is 9.75. The summed E-state index contributed by atoms with van der Waals surface area (Å²) >= 11 is 0. The Morgan fingerprint density at radius 2 is 1.95 bits per heavy atom. The molecular weight excluding hydrogens is 250 g/mol. The Kier molecular flexibility index (Phi) is 3.55. The van der Waals surface area contributed by atoms with Gasteiger partial charge in [0, 0.05) is 18.0 Å². The fourth-order valence-electron chi connectivity index (χ4n) is 4.41. The van der Waals surface area contributed by atoms with Gasteiger partial charge in [0.25, 0.3) is 0 Å². The highest BCUT2D eigenvalue weighted by Gasteiger charge is 2.52. The minimum atomic E-state index is -0.0529. The van der Waals surface area contributed by atoms with Crippen LogP contribution in [0.2, 0.25) is 0 Å². The van der Waals surface area contributed by atoms with Crippen LogP contribution in [0.5, 0.6) is 0 Å². The maximum absolute atomic E-state index is 12.4. The van der Waals surface area contributed by atoms with Gasteiger partial charge in [-0.05, 0) is 31.4 Å². The maximum Gasteiger partial charge on any atom is 0.310 e. The molecule has 2 aliphatic rings. The lowest BCUT2D eigenvalue weighted by Gasteiger charge is -2.42. The average Bonchev–Trinajstić information content (AvgIpc) is 2.66. The summed E-state index contributed by atoms with van der Waals surface area (Å²) in [4.78, 5) is 14.8. The minimum Gasteiger partial charge on any atom is -0.469 e. The molecule has 1 aromatic rings. The van der Waals surface area contributed by atoms with Crippen LogP contribution in [0.3, 0.4) is 0 Å². The molecule has 0 unspecified atom stereocenters. The second-order valence-electron chi connectivity index (χ2n) is 6.32. The number of piperidine rings is 1. The zero-order valence-electron chi connectivity index (χ0n) is 12.5. The summed E-state index contributed by atoms with van der Waals surface area (Å²) in [7, 11) is 3.67. The van der Waals surface area contributed by atoms with E-state index in [1.807, 2.05) is 6.07 Å². The molecule has 108 valence electrons. The Bertz CT molecular complexity index is 487. The molecule has 0 spiro atoms. The summed E-state index contributed by atoms with van der Waals surface area (Å²) in [5.41, 5.74) is 1.28. The van der Waals surface area contributed by atoms with E-state index in [-0.39, 0.29) is 11.9 Å². The fraction of sp³-hybridized carbons (Fsp3) is 0.588. The molecule has 3 heteroatoms. The molecule has 0 radical (unpaired) electrons. The number of methoxy groups -OCH3 is 1. The molecule has 3 nitrogen and oxygen atoms in total. The van der Waals surface area contributed by atoms with Crippen molar-refractivity contribution in [2.75, 3.05) is 14.2 Å². The first-order valence-electron chi connectivity index (χ1n) is 7.48. The number of hydrogen-bond acceptors (Lipinski definition) is 3. The molecule has 0 amide bonds. The molecule has 1 aromatic carbocycles. The van der Waals surface area contributed by atoms with Crippen LogP contribution < -0.4 is 0 Å². The molecule has 2 heterocycles. The van der Waals surface area contributed by atoms with Crippen molar-refractivity contribution < 1.29 is 9.53 Å². The topological polar surface area (TPSA) is 29.5 Å². The zero-order valence-corrected chi connectivity index (χ0v) is 12.5. The molecule has 2 bridgehead atoms. The van der Waals surface area contributed by atoms with Crippen LogP contribution in [-0.2, 0) is 9.53 Å². The van der Waals surface area contributed by atoms with Crippen molar-refractivity contribution in [3.05, 3.63) is 35.9 Å². The second-order valence-corrected chi connectivity index (χ2v) is 6.32. The van der Waals surface area contributed by atoms with E-state index in [4.69, 9.17) is 4.74 Å². The predicted octanol–water partition coefficient (Wildman–Crippen LogP) is 2.67. The third-order valence-electron chi connectivity index (χ3n) is 5.30. The molecule has 3 rings (SSSR count). The van der Waals surface area contributed by atoms with Crippen LogP contribution >= 0.6 is 0 Å². The number of carbonyl (C=O) groups excluding carboxylic acids is 1. The Hall–Kier alpha value is -1.35. The number of rotatable bonds is 2. The largest absolute Gasteiger partial charge is 0.469 e. The van der Waals surface area contributed by atoms with Gasteiger partial charge in [-0.3, -0.25) is 9.69 Å². The van der Waals surface area contributed by atoms with Gasteiger partial charge >= 0.3 is 5.97 Å². The molecule has 5 atom stereocenters. The van der Waals surface area contributed by atoms with Crippen molar-refractivity contribution in [2.24, 2.45) is 11.8 Å². The SMILES string of the molecule is COC(=O)[C@@H]1[C@H]2[C@H](C)C[C@@H](C[C@@H]1c1ccccc1)N2C. The Labute approximate surface area is 120 Å². The molecule has 0 aliphatic carbocycles. The number of nitrogens with zero attached hydrogens (tertiary/aromatic N) is 1. The molecule has 2 fully saturated rings. The van der Waals surface area contributed by atoms with Crippen LogP contribution in [0, 0.1) is 11.8 Å². The average molecular weight is 273 g/mol. The Morgan fingerprint density at radius 3 is 2.60 bits per heavy atom. The van der Waals surface area contributed by atoms with Gasteiger partial charge in [-0.2, -0.15) is 0 Å². The number of esters is 1. The van der Waals surface area contributed by atoms with Crippen molar-refractivity contribution in [2.45, 2.75) is 37.8 Å². The standard InChI is InChI=1S/C17H23NO2/c1-11-9-13-10-14(12-7-5-4-6-8-12)15(17(19)20-3)16(11)18(13)2/h4-8,11,13-16H,9-10H2,1-3H3/t11-,13+,14-,15+,16-/m1/s1. The van der Waals surface area contributed by atoms with E-state index in [0.29, 0.717) is 23.9 Å². The molecular formula is C17H23NO2. The van der Waals surface area contributed by atoms with Crippen molar-refractivity contribution in [1.82, 2.24) is 4.90 Å². The first kappa shape index (κ1) is 13.6. The third kappa shape index (κ3) is 2.05. The summed E-state index contributed by atoms with van der Waals surface area (Å²) in [6, 6.07) is 11.4. The lowest BCUT2D eigenvalue weighted by molar-refractivity contribution is -0.150. The van der Waals surface area contributed by atoms with E-state index < -0.39 is 0 Å². The van der Waals surface area contributed by atoms with Gasteiger partial charge < -0.3 is 4.74 Å². The van der Waals surface area contributed by atoms with Gasteiger partial charge in [0.05, 0.1) is 13.0 Å². The fourth-order valence-corrected chi connectivity index (χ4v) is 4.41. The van der Waals surface area contributed by atoms with Crippen molar-refractivity contribution in [3.63, 3.8) is 0 Å². The van der Waals surface area contributed by atoms with Gasteiger partial charge in [0.2, 0.25) is 0 Å². The highest BCUT2D eigenvalue weighted by Crippen LogP contribution is 2.48. The van der Waals surface area contributed by atoms with E-state index in [2.05, 4.69) is 43.1 Å². The lowest BCUT2D eigenvalue weighted by Crippen LogP contribution is -2.50. The number of benzene rings is 1. The van der Waals surface area contributed by atoms with Crippen molar-refractivity contribution in [3.8, 4) is 0 Å². The first-order valence-corrected chi connectivity index (χ1v) is 7.48. The monoisotopic (exact) mass is 273 g/mol. The van der Waals surface area contributed by atoms with Crippen LogP contribution in [0.25, 0.3) is 0 Å². The Morgan fingerprint density at radius 1 is 1.25 bits per heavy atom. The summed E-state index contributed by atoms with van der Waals surface area (Å²) in [6.07, 6.45) is 2.25. The van der Waals surface area contributed by atoms with Crippen LogP contribution in [0.1, 0.15) is 31.2 Å². The zero-order chi connectivity index (χ0) is 14.3. The van der Waals surface area contributed by atoms with E-state index in [0.717, 1.165) is 6.42 Å². The van der Waals surface area contributed by atoms with Crippen molar-refractivity contribution >= 4 is 5.97 Å². The number of hydrogen-bond donors (Lipinski definition) is 0. The summed E-state index contributed by atoms with van der Waals surface area (Å²) in [5, 5.41) is 0. The second kappa shape index (κ2) is 5.21. The summed E-state index contributed by atoms with van der Waals surface area (Å²) < 4.78 is 5.12. The molecule has 0 N–H and O–H groups in total. The summed E-state index contributed by atoms with van der Waals surface area (Å²) in [6.45, 7) is 2.27. The van der Waals surface area contributed by atoms with E-state index in [9.17, 15) is 4.79 Å². The van der Waals surface area contributed by atoms with E-state index >= 15 is 0 Å². The van der Waals surface area contributed by atoms with Crippen LogP contribution in [0.15, 0.2) is 30.3 Å². The first-order chi connectivity index (χ1) is 9.63. The number of fused-ring (bicyclic) bond motifs is 2. The minimum absolute atomic E-state index is 0.0406. The van der Waals surface area contributed by atoms with Gasteiger partial charge in [-0.25, -0.2) is 0 Å². The molecule has 0 saturated carbocycles. The smallest absolute Gasteiger partial charge is 0.310 e. The van der Waals surface area contributed by atoms with Gasteiger partial charge in [0.15, 0.2) is 0 Å². The quantitative estimate of drug-likeness (QED) is 0.776. The number of carbonyl (C=O) groups is 1. The molecule has 2 saturated heterocycles. The maximum atomic E-state index is 12.4. The molecule has 0 aromatic heterocycles. The van der Waals surface area contributed by atoms with E-state index in [1.165, 1.54) is 19.1 Å². The van der Waals surface area contributed by atoms with E-state index in [1.54, 1.807) is 0 Å². The molecule has 2 aliphatic heterocycles. The van der Waals surface area contributed by atoms with Crippen LogP contribution in [0.4, 0.5) is 0 Å². The highest BCUT2D eigenvalue weighted by molar-refractivity contribution is 5.75. The molecule has 20 heavy (non-hydrogen) atoms.